The van der Waals surface area contributed by atoms with Crippen molar-refractivity contribution in [1.29, 1.82) is 0 Å². The summed E-state index contributed by atoms with van der Waals surface area (Å²) in [4.78, 5) is 10.7. The number of carbonyl (C=O) groups is 1. The van der Waals surface area contributed by atoms with Crippen molar-refractivity contribution in [2.24, 2.45) is 5.92 Å². The first-order chi connectivity index (χ1) is 14.6. The molecule has 1 aliphatic heterocycles. The highest BCUT2D eigenvalue weighted by molar-refractivity contribution is 5.73. The van der Waals surface area contributed by atoms with Gasteiger partial charge in [0.1, 0.15) is 11.3 Å². The molecular formula is C22H23N3O5. The molecule has 1 aliphatic rings. The van der Waals surface area contributed by atoms with Gasteiger partial charge in [0.2, 0.25) is 0 Å². The summed E-state index contributed by atoms with van der Waals surface area (Å²) in [6, 6.07) is 14.6. The molecule has 2 N–H and O–H groups in total. The zero-order valence-corrected chi connectivity index (χ0v) is 16.3. The lowest BCUT2D eigenvalue weighted by Crippen LogP contribution is -2.33. The van der Waals surface area contributed by atoms with E-state index < -0.39 is 18.5 Å². The van der Waals surface area contributed by atoms with Crippen LogP contribution in [0.2, 0.25) is 0 Å². The minimum absolute atomic E-state index is 0.0505. The maximum atomic E-state index is 10.7. The van der Waals surface area contributed by atoms with E-state index in [4.69, 9.17) is 14.6 Å². The Balaban J connectivity index is 1.55. The van der Waals surface area contributed by atoms with E-state index in [0.29, 0.717) is 25.0 Å². The molecule has 3 unspecified atom stereocenters. The number of aromatic hydroxyl groups is 1. The summed E-state index contributed by atoms with van der Waals surface area (Å²) >= 11 is 0. The van der Waals surface area contributed by atoms with Crippen molar-refractivity contribution in [2.75, 3.05) is 6.61 Å². The Bertz CT molecular complexity index is 1050. The summed E-state index contributed by atoms with van der Waals surface area (Å²) < 4.78 is 13.8. The van der Waals surface area contributed by atoms with Gasteiger partial charge in [0.05, 0.1) is 18.2 Å². The van der Waals surface area contributed by atoms with Crippen molar-refractivity contribution in [1.82, 2.24) is 15.0 Å². The number of benzene rings is 2. The van der Waals surface area contributed by atoms with Crippen LogP contribution in [0.25, 0.3) is 11.0 Å². The van der Waals surface area contributed by atoms with Gasteiger partial charge in [-0.3, -0.25) is 4.79 Å². The number of hydrogen-bond donors (Lipinski definition) is 2. The van der Waals surface area contributed by atoms with E-state index in [0.717, 1.165) is 11.0 Å². The van der Waals surface area contributed by atoms with Crippen LogP contribution in [-0.2, 0) is 14.3 Å². The molecule has 156 valence electrons. The monoisotopic (exact) mass is 409 g/mol. The van der Waals surface area contributed by atoms with Crippen molar-refractivity contribution in [3.8, 4) is 5.75 Å². The molecule has 3 atom stereocenters. The molecule has 0 spiro atoms. The summed E-state index contributed by atoms with van der Waals surface area (Å²) in [5.41, 5.74) is 2.22. The normalized spacial score (nSPS) is 21.9. The summed E-state index contributed by atoms with van der Waals surface area (Å²) in [7, 11) is 0. The van der Waals surface area contributed by atoms with E-state index in [1.165, 1.54) is 0 Å². The first-order valence-corrected chi connectivity index (χ1v) is 9.85. The first-order valence-electron chi connectivity index (χ1n) is 9.85. The third-order valence-electron chi connectivity index (χ3n) is 5.09. The highest BCUT2D eigenvalue weighted by Gasteiger charge is 2.35. The Labute approximate surface area is 173 Å². The van der Waals surface area contributed by atoms with Gasteiger partial charge in [-0.2, -0.15) is 4.68 Å². The number of aliphatic carboxylic acids is 1. The number of phenols is 1. The zero-order chi connectivity index (χ0) is 20.9. The van der Waals surface area contributed by atoms with Gasteiger partial charge in [0.15, 0.2) is 0 Å². The van der Waals surface area contributed by atoms with Crippen molar-refractivity contribution < 1.29 is 24.5 Å². The average Bonchev–Trinajstić information content (AvgIpc) is 3.18. The number of rotatable bonds is 7. The number of aromatic nitrogens is 3. The lowest BCUT2D eigenvalue weighted by Gasteiger charge is -2.36. The topological polar surface area (TPSA) is 107 Å². The number of para-hydroxylation sites is 2. The van der Waals surface area contributed by atoms with Gasteiger partial charge in [-0.1, -0.05) is 47.7 Å². The number of hydrogen-bond acceptors (Lipinski definition) is 6. The second kappa shape index (κ2) is 9.06. The molecule has 1 aromatic heterocycles. The summed E-state index contributed by atoms with van der Waals surface area (Å²) in [5.74, 6) is -0.712. The Hall–Kier alpha value is -3.23. The summed E-state index contributed by atoms with van der Waals surface area (Å²) in [6.45, 7) is 0.390. The molecule has 2 aromatic carbocycles. The van der Waals surface area contributed by atoms with E-state index in [1.54, 1.807) is 16.8 Å². The fraction of sp³-hybridized carbons (Fsp3) is 0.318. The molecule has 0 aliphatic carbocycles. The van der Waals surface area contributed by atoms with E-state index >= 15 is 0 Å². The van der Waals surface area contributed by atoms with Crippen LogP contribution < -0.4 is 0 Å². The molecule has 0 saturated carbocycles. The van der Waals surface area contributed by atoms with Crippen LogP contribution >= 0.6 is 0 Å². The fourth-order valence-corrected chi connectivity index (χ4v) is 3.58. The van der Waals surface area contributed by atoms with E-state index in [2.05, 4.69) is 10.3 Å². The molecule has 1 saturated heterocycles. The standard InChI is InChI=1S/C22H23N3O5/c26-19-12-7-4-9-16(19)21-15(8-2-1-3-13-20(27)28)14-29-22(30-21)25-18-11-6-5-10-17(18)23-24-25/h1-2,4-7,9-12,15,21-22,26H,3,8,13-14H2,(H,27,28)/b2-1-. The van der Waals surface area contributed by atoms with Crippen molar-refractivity contribution in [3.05, 3.63) is 66.2 Å². The number of allylic oxidation sites excluding steroid dienone is 2. The predicted octanol–water partition coefficient (Wildman–Crippen LogP) is 3.81. The minimum atomic E-state index is -0.820. The third kappa shape index (κ3) is 4.34. The number of phenolic OH excluding ortho intramolecular Hbond substituents is 1. The summed E-state index contributed by atoms with van der Waals surface area (Å²) in [5, 5.41) is 27.5. The Morgan fingerprint density at radius 3 is 2.80 bits per heavy atom. The predicted molar refractivity (Wildman–Crippen MR) is 109 cm³/mol. The lowest BCUT2D eigenvalue weighted by molar-refractivity contribution is -0.280. The van der Waals surface area contributed by atoms with Crippen LogP contribution in [0.1, 0.15) is 37.3 Å². The SMILES string of the molecule is O=C(O)CC/C=C\CC1COC(n2nnc3ccccc32)OC1c1ccccc1O. The van der Waals surface area contributed by atoms with E-state index in [-0.39, 0.29) is 18.1 Å². The number of carboxylic acids is 1. The summed E-state index contributed by atoms with van der Waals surface area (Å²) in [6.07, 6.45) is 3.80. The van der Waals surface area contributed by atoms with Gasteiger partial charge in [0, 0.05) is 17.9 Å². The number of carboxylic acid groups (broad SMARTS) is 1. The largest absolute Gasteiger partial charge is 0.508 e. The van der Waals surface area contributed by atoms with Crippen molar-refractivity contribution in [2.45, 2.75) is 31.8 Å². The van der Waals surface area contributed by atoms with Crippen molar-refractivity contribution >= 4 is 17.0 Å². The molecule has 0 radical (unpaired) electrons. The van der Waals surface area contributed by atoms with Crippen LogP contribution in [0.5, 0.6) is 5.75 Å². The quantitative estimate of drug-likeness (QED) is 0.572. The van der Waals surface area contributed by atoms with E-state index in [9.17, 15) is 9.90 Å². The van der Waals surface area contributed by atoms with Gasteiger partial charge in [-0.15, -0.1) is 5.10 Å². The zero-order valence-electron chi connectivity index (χ0n) is 16.3. The van der Waals surface area contributed by atoms with E-state index in [1.807, 2.05) is 48.6 Å². The Morgan fingerprint density at radius 1 is 1.17 bits per heavy atom. The van der Waals surface area contributed by atoms with Gasteiger partial charge in [-0.05, 0) is 31.0 Å². The molecule has 4 rings (SSSR count). The van der Waals surface area contributed by atoms with Crippen molar-refractivity contribution in [3.63, 3.8) is 0 Å². The Kier molecular flexibility index (Phi) is 6.06. The molecular weight excluding hydrogens is 386 g/mol. The first kappa shape index (κ1) is 20.1. The van der Waals surface area contributed by atoms with Crippen LogP contribution in [0, 0.1) is 5.92 Å². The molecule has 8 heteroatoms. The molecule has 3 aromatic rings. The number of nitrogens with zero attached hydrogens (tertiary/aromatic N) is 3. The van der Waals surface area contributed by atoms with Gasteiger partial charge < -0.3 is 19.7 Å². The molecule has 0 amide bonds. The lowest BCUT2D eigenvalue weighted by atomic mass is 9.91. The van der Waals surface area contributed by atoms with Crippen LogP contribution in [0.4, 0.5) is 0 Å². The third-order valence-corrected chi connectivity index (χ3v) is 5.09. The number of ether oxygens (including phenoxy) is 2. The Morgan fingerprint density at radius 2 is 1.97 bits per heavy atom. The van der Waals surface area contributed by atoms with Crippen LogP contribution in [0.15, 0.2) is 60.7 Å². The van der Waals surface area contributed by atoms with Crippen LogP contribution in [0.3, 0.4) is 0 Å². The maximum absolute atomic E-state index is 10.7. The molecule has 1 fully saturated rings. The average molecular weight is 409 g/mol. The highest BCUT2D eigenvalue weighted by Crippen LogP contribution is 2.41. The van der Waals surface area contributed by atoms with Gasteiger partial charge >= 0.3 is 5.97 Å². The van der Waals surface area contributed by atoms with Gasteiger partial charge in [0.25, 0.3) is 6.41 Å². The second-order valence-electron chi connectivity index (χ2n) is 7.18. The molecule has 8 nitrogen and oxygen atoms in total. The van der Waals surface area contributed by atoms with Gasteiger partial charge in [-0.25, -0.2) is 0 Å². The highest BCUT2D eigenvalue weighted by atomic mass is 16.7. The smallest absolute Gasteiger partial charge is 0.303 e. The fourth-order valence-electron chi connectivity index (χ4n) is 3.58. The molecule has 2 heterocycles. The minimum Gasteiger partial charge on any atom is -0.508 e. The number of fused-ring (bicyclic) bond motifs is 1. The van der Waals surface area contributed by atoms with Crippen LogP contribution in [-0.4, -0.2) is 37.8 Å². The second-order valence-corrected chi connectivity index (χ2v) is 7.18. The molecule has 0 bridgehead atoms. The maximum Gasteiger partial charge on any atom is 0.303 e. The molecule has 30 heavy (non-hydrogen) atoms.